The van der Waals surface area contributed by atoms with Crippen LogP contribution in [0.15, 0.2) is 30.3 Å². The van der Waals surface area contributed by atoms with Gasteiger partial charge in [-0.15, -0.1) is 0 Å². The van der Waals surface area contributed by atoms with Crippen LogP contribution in [0.1, 0.15) is 37.9 Å². The lowest BCUT2D eigenvalue weighted by atomic mass is 9.97. The highest BCUT2D eigenvalue weighted by atomic mass is 16.5. The van der Waals surface area contributed by atoms with E-state index in [4.69, 9.17) is 4.74 Å². The Morgan fingerprint density at radius 2 is 2.04 bits per heavy atom. The van der Waals surface area contributed by atoms with Gasteiger partial charge in [0.25, 0.3) is 0 Å². The number of carbonyl (C=O) groups is 2. The van der Waals surface area contributed by atoms with E-state index in [0.29, 0.717) is 26.2 Å². The molecule has 1 aliphatic rings. The maximum Gasteiger partial charge on any atom is 0.317 e. The average molecular weight is 347 g/mol. The third-order valence-corrected chi connectivity index (χ3v) is 4.52. The number of urea groups is 1. The number of hydrogen-bond donors (Lipinski definition) is 2. The van der Waals surface area contributed by atoms with Gasteiger partial charge in [-0.05, 0) is 24.8 Å². The Morgan fingerprint density at radius 3 is 2.72 bits per heavy atom. The van der Waals surface area contributed by atoms with Gasteiger partial charge < -0.3 is 20.3 Å². The van der Waals surface area contributed by atoms with Gasteiger partial charge in [0.1, 0.15) is 0 Å². The predicted molar refractivity (Wildman–Crippen MR) is 97.2 cm³/mol. The number of likely N-dealkylation sites (tertiary alicyclic amines) is 1. The standard InChI is InChI=1S/C19H29N3O3/c1-3-11-20-18(23)16-10-7-12-22(14-16)19(24)21-13-17(25-2)15-8-5-4-6-9-15/h4-6,8-9,16-17H,3,7,10-14H2,1-2H3,(H,20,23)(H,21,24)/t16-,17-/m1/s1. The van der Waals surface area contributed by atoms with Crippen LogP contribution in [-0.2, 0) is 9.53 Å². The first-order valence-corrected chi connectivity index (χ1v) is 9.04. The van der Waals surface area contributed by atoms with Crippen molar-refractivity contribution in [2.75, 3.05) is 33.3 Å². The molecule has 2 atom stereocenters. The number of nitrogens with one attached hydrogen (secondary N) is 2. The van der Waals surface area contributed by atoms with E-state index in [9.17, 15) is 9.59 Å². The molecule has 1 aromatic rings. The van der Waals surface area contributed by atoms with Crippen molar-refractivity contribution in [3.05, 3.63) is 35.9 Å². The molecule has 0 aromatic heterocycles. The summed E-state index contributed by atoms with van der Waals surface area (Å²) in [6, 6.07) is 9.68. The van der Waals surface area contributed by atoms with Crippen molar-refractivity contribution in [3.63, 3.8) is 0 Å². The van der Waals surface area contributed by atoms with Gasteiger partial charge in [-0.3, -0.25) is 4.79 Å². The average Bonchev–Trinajstić information content (AvgIpc) is 2.67. The van der Waals surface area contributed by atoms with E-state index in [-0.39, 0.29) is 24.0 Å². The van der Waals surface area contributed by atoms with Crippen LogP contribution in [0.5, 0.6) is 0 Å². The zero-order chi connectivity index (χ0) is 18.1. The van der Waals surface area contributed by atoms with Crippen LogP contribution in [0.25, 0.3) is 0 Å². The number of carbonyl (C=O) groups excluding carboxylic acids is 2. The SMILES string of the molecule is CCCNC(=O)[C@@H]1CCCN(C(=O)NC[C@@H](OC)c2ccccc2)C1. The minimum Gasteiger partial charge on any atom is -0.375 e. The molecule has 1 aromatic carbocycles. The van der Waals surface area contributed by atoms with Gasteiger partial charge in [0, 0.05) is 33.3 Å². The summed E-state index contributed by atoms with van der Waals surface area (Å²) in [4.78, 5) is 26.3. The lowest BCUT2D eigenvalue weighted by molar-refractivity contribution is -0.126. The molecule has 1 saturated heterocycles. The lowest BCUT2D eigenvalue weighted by Gasteiger charge is -2.32. The number of benzene rings is 1. The number of rotatable bonds is 7. The summed E-state index contributed by atoms with van der Waals surface area (Å²) >= 11 is 0. The molecule has 0 aliphatic carbocycles. The zero-order valence-electron chi connectivity index (χ0n) is 15.2. The molecule has 1 aliphatic heterocycles. The Hall–Kier alpha value is -2.08. The van der Waals surface area contributed by atoms with Crippen molar-refractivity contribution >= 4 is 11.9 Å². The van der Waals surface area contributed by atoms with E-state index in [0.717, 1.165) is 24.8 Å². The largest absolute Gasteiger partial charge is 0.375 e. The van der Waals surface area contributed by atoms with Gasteiger partial charge in [0.05, 0.1) is 12.0 Å². The molecule has 138 valence electrons. The molecule has 6 nitrogen and oxygen atoms in total. The number of hydrogen-bond acceptors (Lipinski definition) is 3. The molecule has 6 heteroatoms. The van der Waals surface area contributed by atoms with Gasteiger partial charge in [0.15, 0.2) is 0 Å². The van der Waals surface area contributed by atoms with Crippen LogP contribution in [0.2, 0.25) is 0 Å². The maximum absolute atomic E-state index is 12.5. The second-order valence-corrected chi connectivity index (χ2v) is 6.40. The molecule has 2 rings (SSSR count). The van der Waals surface area contributed by atoms with E-state index in [1.807, 2.05) is 37.3 Å². The number of nitrogens with zero attached hydrogens (tertiary/aromatic N) is 1. The number of ether oxygens (including phenoxy) is 1. The first kappa shape index (κ1) is 19.2. The van der Waals surface area contributed by atoms with Crippen molar-refractivity contribution in [1.82, 2.24) is 15.5 Å². The van der Waals surface area contributed by atoms with Crippen LogP contribution in [-0.4, -0.2) is 50.1 Å². The molecule has 0 bridgehead atoms. The number of methoxy groups -OCH3 is 1. The fourth-order valence-corrected chi connectivity index (χ4v) is 3.06. The highest BCUT2D eigenvalue weighted by molar-refractivity contribution is 5.80. The minimum atomic E-state index is -0.182. The van der Waals surface area contributed by atoms with Crippen LogP contribution < -0.4 is 10.6 Å². The molecule has 1 fully saturated rings. The number of amides is 3. The third-order valence-electron chi connectivity index (χ3n) is 4.52. The van der Waals surface area contributed by atoms with Crippen molar-refractivity contribution in [2.45, 2.75) is 32.3 Å². The van der Waals surface area contributed by atoms with Gasteiger partial charge in [0.2, 0.25) is 5.91 Å². The molecule has 0 radical (unpaired) electrons. The minimum absolute atomic E-state index is 0.0541. The van der Waals surface area contributed by atoms with Crippen molar-refractivity contribution in [1.29, 1.82) is 0 Å². The smallest absolute Gasteiger partial charge is 0.317 e. The second kappa shape index (κ2) is 10.0. The fraction of sp³-hybridized carbons (Fsp3) is 0.579. The quantitative estimate of drug-likeness (QED) is 0.795. The van der Waals surface area contributed by atoms with Crippen LogP contribution in [0.4, 0.5) is 4.79 Å². The van der Waals surface area contributed by atoms with E-state index in [1.165, 1.54) is 0 Å². The van der Waals surface area contributed by atoms with E-state index < -0.39 is 0 Å². The molecule has 1 heterocycles. The fourth-order valence-electron chi connectivity index (χ4n) is 3.06. The molecule has 3 amide bonds. The summed E-state index contributed by atoms with van der Waals surface area (Å²) in [6.45, 7) is 4.28. The van der Waals surface area contributed by atoms with Gasteiger partial charge in [-0.25, -0.2) is 4.79 Å². The summed E-state index contributed by atoms with van der Waals surface area (Å²) in [5.41, 5.74) is 1.03. The summed E-state index contributed by atoms with van der Waals surface area (Å²) in [6.07, 6.45) is 2.42. The number of piperidine rings is 1. The summed E-state index contributed by atoms with van der Waals surface area (Å²) in [5.74, 6) is -0.0585. The summed E-state index contributed by atoms with van der Waals surface area (Å²) in [7, 11) is 1.64. The summed E-state index contributed by atoms with van der Waals surface area (Å²) < 4.78 is 5.48. The first-order chi connectivity index (χ1) is 12.2. The Labute approximate surface area is 149 Å². The molecule has 2 N–H and O–H groups in total. The molecular formula is C19H29N3O3. The van der Waals surface area contributed by atoms with Crippen LogP contribution in [0, 0.1) is 5.92 Å². The monoisotopic (exact) mass is 347 g/mol. The van der Waals surface area contributed by atoms with E-state index in [2.05, 4.69) is 10.6 Å². The second-order valence-electron chi connectivity index (χ2n) is 6.40. The highest BCUT2D eigenvalue weighted by Gasteiger charge is 2.28. The van der Waals surface area contributed by atoms with Gasteiger partial charge in [-0.1, -0.05) is 37.3 Å². The Balaban J connectivity index is 1.84. The Morgan fingerprint density at radius 1 is 1.28 bits per heavy atom. The highest BCUT2D eigenvalue weighted by Crippen LogP contribution is 2.18. The topological polar surface area (TPSA) is 70.7 Å². The molecule has 25 heavy (non-hydrogen) atoms. The Bertz CT molecular complexity index is 550. The van der Waals surface area contributed by atoms with Crippen molar-refractivity contribution in [3.8, 4) is 0 Å². The van der Waals surface area contributed by atoms with Crippen LogP contribution >= 0.6 is 0 Å². The van der Waals surface area contributed by atoms with Gasteiger partial charge >= 0.3 is 6.03 Å². The van der Waals surface area contributed by atoms with Gasteiger partial charge in [-0.2, -0.15) is 0 Å². The first-order valence-electron chi connectivity index (χ1n) is 9.04. The molecule has 0 saturated carbocycles. The lowest BCUT2D eigenvalue weighted by Crippen LogP contribution is -2.49. The van der Waals surface area contributed by atoms with Crippen LogP contribution in [0.3, 0.4) is 0 Å². The van der Waals surface area contributed by atoms with Crippen molar-refractivity contribution in [2.24, 2.45) is 5.92 Å². The maximum atomic E-state index is 12.5. The zero-order valence-corrected chi connectivity index (χ0v) is 15.2. The van der Waals surface area contributed by atoms with Crippen molar-refractivity contribution < 1.29 is 14.3 Å². The molecular weight excluding hydrogens is 318 g/mol. The van der Waals surface area contributed by atoms with E-state index >= 15 is 0 Å². The molecule has 0 unspecified atom stereocenters. The normalized spacial score (nSPS) is 18.5. The summed E-state index contributed by atoms with van der Waals surface area (Å²) in [5, 5.41) is 5.86. The molecule has 0 spiro atoms. The Kier molecular flexibility index (Phi) is 7.73. The predicted octanol–water partition coefficient (Wildman–Crippen LogP) is 2.32. The third kappa shape index (κ3) is 5.74. The van der Waals surface area contributed by atoms with E-state index in [1.54, 1.807) is 12.0 Å².